The average molecular weight is 644 g/mol. The summed E-state index contributed by atoms with van der Waals surface area (Å²) < 4.78 is 4.90. The number of amides is 1. The number of Topliss-reactive ketones (excluding diaryl/α,β-unsaturated/α-hetero) is 4. The SMILES string of the molecule is COC(=O)C1CCC(Cc2ccc(-c3ccc(O)c4c3C[C@H]3C[C@H]5[C@H](C(C)C)C(=O)C(C(N)=O)C(=O)[C@@]5(O)C(=O)C3C4=O)cc2)CC1. The van der Waals surface area contributed by atoms with Crippen LogP contribution in [0.4, 0.5) is 0 Å². The first-order valence-corrected chi connectivity index (χ1v) is 16.5. The first-order chi connectivity index (χ1) is 22.3. The predicted molar refractivity (Wildman–Crippen MR) is 169 cm³/mol. The molecule has 248 valence electrons. The van der Waals surface area contributed by atoms with E-state index in [-0.39, 0.29) is 36.0 Å². The quantitative estimate of drug-likeness (QED) is 0.314. The fraction of sp³-hybridized carbons (Fsp3) is 0.514. The molecule has 0 radical (unpaired) electrons. The number of ketones is 4. The maximum Gasteiger partial charge on any atom is 0.308 e. The molecule has 2 unspecified atom stereocenters. The molecule has 10 nitrogen and oxygen atoms in total. The van der Waals surface area contributed by atoms with Gasteiger partial charge in [0.25, 0.3) is 0 Å². The number of carbonyl (C=O) groups is 6. The minimum atomic E-state index is -2.71. The molecule has 47 heavy (non-hydrogen) atoms. The van der Waals surface area contributed by atoms with Crippen LogP contribution in [0.3, 0.4) is 0 Å². The number of esters is 1. The lowest BCUT2D eigenvalue weighted by molar-refractivity contribution is -0.182. The smallest absolute Gasteiger partial charge is 0.308 e. The number of fused-ring (bicyclic) bond motifs is 3. The van der Waals surface area contributed by atoms with Gasteiger partial charge in [-0.1, -0.05) is 44.2 Å². The summed E-state index contributed by atoms with van der Waals surface area (Å²) in [7, 11) is 1.43. The van der Waals surface area contributed by atoms with Gasteiger partial charge in [0, 0.05) is 11.8 Å². The number of rotatable bonds is 6. The number of phenolic OH excluding ortho intramolecular Hbond substituents is 1. The van der Waals surface area contributed by atoms with Crippen molar-refractivity contribution in [1.82, 2.24) is 0 Å². The van der Waals surface area contributed by atoms with Gasteiger partial charge in [-0.15, -0.1) is 0 Å². The summed E-state index contributed by atoms with van der Waals surface area (Å²) in [6, 6.07) is 11.2. The van der Waals surface area contributed by atoms with Crippen LogP contribution in [0, 0.1) is 47.3 Å². The zero-order chi connectivity index (χ0) is 33.9. The molecule has 0 aliphatic heterocycles. The normalized spacial score (nSPS) is 32.0. The van der Waals surface area contributed by atoms with Crippen molar-refractivity contribution in [2.45, 2.75) is 64.4 Å². The molecule has 0 spiro atoms. The average Bonchev–Trinajstić information content (AvgIpc) is 3.03. The van der Waals surface area contributed by atoms with E-state index < -0.39 is 70.1 Å². The third-order valence-corrected chi connectivity index (χ3v) is 11.4. The maximum atomic E-state index is 14.1. The van der Waals surface area contributed by atoms with E-state index in [1.807, 2.05) is 24.3 Å². The van der Waals surface area contributed by atoms with Crippen LogP contribution >= 0.6 is 0 Å². The van der Waals surface area contributed by atoms with Gasteiger partial charge in [0.1, 0.15) is 5.75 Å². The van der Waals surface area contributed by atoms with Crippen LogP contribution in [0.1, 0.15) is 67.4 Å². The van der Waals surface area contributed by atoms with Gasteiger partial charge in [0.15, 0.2) is 34.7 Å². The molecule has 4 N–H and O–H groups in total. The van der Waals surface area contributed by atoms with Crippen molar-refractivity contribution in [3.63, 3.8) is 0 Å². The van der Waals surface area contributed by atoms with E-state index in [9.17, 15) is 39.0 Å². The third-order valence-electron chi connectivity index (χ3n) is 11.4. The van der Waals surface area contributed by atoms with E-state index in [0.29, 0.717) is 11.5 Å². The highest BCUT2D eigenvalue weighted by molar-refractivity contribution is 6.32. The molecule has 4 aliphatic rings. The Morgan fingerprint density at radius 2 is 1.64 bits per heavy atom. The molecular formula is C37H41NO9. The van der Waals surface area contributed by atoms with Crippen LogP contribution < -0.4 is 5.73 Å². The Bertz CT molecular complexity index is 1670. The van der Waals surface area contributed by atoms with Crippen molar-refractivity contribution in [2.75, 3.05) is 7.11 Å². The summed E-state index contributed by atoms with van der Waals surface area (Å²) in [5.74, 6) is -11.4. The summed E-state index contributed by atoms with van der Waals surface area (Å²) in [6.45, 7) is 3.45. The topological polar surface area (TPSA) is 178 Å². The number of aromatic hydroxyl groups is 1. The number of hydrogen-bond donors (Lipinski definition) is 3. The molecule has 0 heterocycles. The molecule has 6 atom stereocenters. The second-order valence-corrected chi connectivity index (χ2v) is 14.3. The molecule has 3 fully saturated rings. The Labute approximate surface area is 273 Å². The van der Waals surface area contributed by atoms with Gasteiger partial charge in [0.05, 0.1) is 24.5 Å². The monoisotopic (exact) mass is 643 g/mol. The number of aliphatic hydroxyl groups is 1. The lowest BCUT2D eigenvalue weighted by Crippen LogP contribution is -2.71. The summed E-state index contributed by atoms with van der Waals surface area (Å²) in [6.07, 6.45) is 4.66. The fourth-order valence-electron chi connectivity index (χ4n) is 9.05. The minimum absolute atomic E-state index is 0.0169. The second-order valence-electron chi connectivity index (χ2n) is 14.3. The number of hydrogen-bond acceptors (Lipinski definition) is 9. The van der Waals surface area contributed by atoms with Crippen LogP contribution in [-0.4, -0.2) is 57.9 Å². The van der Waals surface area contributed by atoms with Crippen molar-refractivity contribution >= 4 is 35.0 Å². The molecular weight excluding hydrogens is 602 g/mol. The van der Waals surface area contributed by atoms with Crippen molar-refractivity contribution < 1.29 is 43.7 Å². The lowest BCUT2D eigenvalue weighted by atomic mass is 9.49. The number of benzene rings is 2. The Kier molecular flexibility index (Phi) is 8.45. The van der Waals surface area contributed by atoms with Gasteiger partial charge in [-0.05, 0) is 91.0 Å². The lowest BCUT2D eigenvalue weighted by Gasteiger charge is -2.52. The number of primary amides is 1. The van der Waals surface area contributed by atoms with E-state index >= 15 is 0 Å². The second kappa shape index (κ2) is 12.1. The number of ether oxygens (including phenoxy) is 1. The molecule has 2 aromatic carbocycles. The number of nitrogens with two attached hydrogens (primary N) is 1. The first-order valence-electron chi connectivity index (χ1n) is 16.5. The highest BCUT2D eigenvalue weighted by Gasteiger charge is 2.69. The molecule has 3 saturated carbocycles. The van der Waals surface area contributed by atoms with Crippen molar-refractivity contribution in [2.24, 2.45) is 53.1 Å². The molecule has 2 aromatic rings. The van der Waals surface area contributed by atoms with E-state index in [0.717, 1.165) is 48.8 Å². The van der Waals surface area contributed by atoms with E-state index in [4.69, 9.17) is 10.5 Å². The van der Waals surface area contributed by atoms with Gasteiger partial charge in [-0.25, -0.2) is 0 Å². The molecule has 0 aromatic heterocycles. The molecule has 6 rings (SSSR count). The summed E-state index contributed by atoms with van der Waals surface area (Å²) in [5, 5.41) is 22.7. The minimum Gasteiger partial charge on any atom is -0.507 e. The van der Waals surface area contributed by atoms with Crippen LogP contribution in [0.25, 0.3) is 11.1 Å². The first kappa shape index (κ1) is 32.7. The standard InChI is InChI=1S/C37H41NO9/c1-17(2)27-25-16-22-15-24-23(20-8-4-18(5-9-20)14-19-6-10-21(11-7-19)36(45)47-3)12-13-26(39)29(24)32(41)28(22)33(42)37(25,46)34(43)30(31(27)40)35(38)44/h4-5,8-9,12-13,17,19,21-22,25,27-28,30,39,46H,6-7,10-11,14-16H2,1-3H3,(H2,38,44)/t19?,21?,22-,25-,27-,28?,30?,37-/m0/s1. The molecule has 0 bridgehead atoms. The Morgan fingerprint density at radius 3 is 2.23 bits per heavy atom. The number of phenols is 1. The molecule has 10 heteroatoms. The Balaban J connectivity index is 1.30. The fourth-order valence-corrected chi connectivity index (χ4v) is 9.05. The predicted octanol–water partition coefficient (Wildman–Crippen LogP) is 3.40. The maximum absolute atomic E-state index is 14.1. The van der Waals surface area contributed by atoms with Gasteiger partial charge in [-0.2, -0.15) is 0 Å². The van der Waals surface area contributed by atoms with Gasteiger partial charge >= 0.3 is 5.97 Å². The van der Waals surface area contributed by atoms with Gasteiger partial charge in [0.2, 0.25) is 5.91 Å². The highest BCUT2D eigenvalue weighted by atomic mass is 16.5. The zero-order valence-electron chi connectivity index (χ0n) is 26.9. The molecule has 1 amide bonds. The highest BCUT2D eigenvalue weighted by Crippen LogP contribution is 2.53. The largest absolute Gasteiger partial charge is 0.507 e. The van der Waals surface area contributed by atoms with Gasteiger partial charge < -0.3 is 20.7 Å². The van der Waals surface area contributed by atoms with Crippen molar-refractivity contribution in [3.8, 4) is 16.9 Å². The Morgan fingerprint density at radius 1 is 0.979 bits per heavy atom. The van der Waals surface area contributed by atoms with E-state index in [2.05, 4.69) is 0 Å². The van der Waals surface area contributed by atoms with Crippen LogP contribution in [0.15, 0.2) is 36.4 Å². The van der Waals surface area contributed by atoms with Gasteiger partial charge in [-0.3, -0.25) is 28.8 Å². The summed E-state index contributed by atoms with van der Waals surface area (Å²) in [5.41, 5.74) is 5.97. The molecule has 0 saturated heterocycles. The number of methoxy groups -OCH3 is 1. The number of carbonyl (C=O) groups excluding carboxylic acids is 6. The summed E-state index contributed by atoms with van der Waals surface area (Å²) in [4.78, 5) is 79.1. The van der Waals surface area contributed by atoms with Crippen molar-refractivity contribution in [1.29, 1.82) is 0 Å². The third kappa shape index (κ3) is 5.21. The van der Waals surface area contributed by atoms with E-state index in [1.54, 1.807) is 19.9 Å². The van der Waals surface area contributed by atoms with Crippen LogP contribution in [0.2, 0.25) is 0 Å². The summed E-state index contributed by atoms with van der Waals surface area (Å²) >= 11 is 0. The Hall–Kier alpha value is -4.18. The van der Waals surface area contributed by atoms with Crippen LogP contribution in [-0.2, 0) is 41.6 Å². The van der Waals surface area contributed by atoms with Crippen molar-refractivity contribution in [3.05, 3.63) is 53.1 Å². The van der Waals surface area contributed by atoms with E-state index in [1.165, 1.54) is 13.2 Å². The van der Waals surface area contributed by atoms with Crippen LogP contribution in [0.5, 0.6) is 5.75 Å². The zero-order valence-corrected chi connectivity index (χ0v) is 26.9. The molecule has 4 aliphatic carbocycles.